The molecule has 1 heterocycles. The first-order chi connectivity index (χ1) is 7.89. The van der Waals surface area contributed by atoms with Gasteiger partial charge in [0.05, 0.1) is 13.2 Å². The zero-order valence-electron chi connectivity index (χ0n) is 8.57. The Morgan fingerprint density at radius 1 is 1.53 bits per heavy atom. The average Bonchev–Trinajstić information content (AvgIpc) is 2.25. The second kappa shape index (κ2) is 5.35. The lowest BCUT2D eigenvalue weighted by Gasteiger charge is -2.10. The fourth-order valence-corrected chi connectivity index (χ4v) is 1.45. The van der Waals surface area contributed by atoms with E-state index in [-0.39, 0.29) is 16.8 Å². The summed E-state index contributed by atoms with van der Waals surface area (Å²) in [5, 5.41) is 25.5. The molecule has 0 unspecified atom stereocenters. The Morgan fingerprint density at radius 3 is 2.65 bits per heavy atom. The summed E-state index contributed by atoms with van der Waals surface area (Å²) in [5.74, 6) is -0.408. The number of aromatic nitrogens is 1. The van der Waals surface area contributed by atoms with E-state index < -0.39 is 26.8 Å². The standard InChI is InChI=1S/C8H11N2O6P/c9-1-6-5(4-16-17(13,14)15)2-10-7(3-11)8(6)12/h1-2,9,11-12H,3-4H2,(H2,13,14,15). The van der Waals surface area contributed by atoms with Crippen LogP contribution in [0.1, 0.15) is 16.8 Å². The van der Waals surface area contributed by atoms with Crippen molar-refractivity contribution in [3.05, 3.63) is 23.0 Å². The normalized spacial score (nSPS) is 11.5. The highest BCUT2D eigenvalue weighted by atomic mass is 31.2. The van der Waals surface area contributed by atoms with Crippen molar-refractivity contribution in [2.75, 3.05) is 0 Å². The zero-order valence-corrected chi connectivity index (χ0v) is 9.46. The number of hydrogen-bond acceptors (Lipinski definition) is 6. The quantitative estimate of drug-likeness (QED) is 0.367. The third kappa shape index (κ3) is 3.58. The van der Waals surface area contributed by atoms with Crippen molar-refractivity contribution in [2.45, 2.75) is 13.2 Å². The lowest BCUT2D eigenvalue weighted by molar-refractivity contribution is 0.188. The summed E-state index contributed by atoms with van der Waals surface area (Å²) in [7, 11) is -4.63. The molecule has 0 spiro atoms. The minimum Gasteiger partial charge on any atom is -0.505 e. The Labute approximate surface area is 96.3 Å². The zero-order chi connectivity index (χ0) is 13.1. The molecule has 9 heteroatoms. The summed E-state index contributed by atoms with van der Waals surface area (Å²) in [6.45, 7) is -1.01. The topological polar surface area (TPSA) is 144 Å². The largest absolute Gasteiger partial charge is 0.505 e. The molecule has 0 saturated carbocycles. The number of aromatic hydroxyl groups is 1. The molecule has 94 valence electrons. The van der Waals surface area contributed by atoms with Gasteiger partial charge in [-0.3, -0.25) is 9.51 Å². The first-order valence-corrected chi connectivity index (χ1v) is 5.93. The van der Waals surface area contributed by atoms with Crippen LogP contribution in [0, 0.1) is 5.41 Å². The molecule has 0 radical (unpaired) electrons. The minimum atomic E-state index is -4.63. The monoisotopic (exact) mass is 262 g/mol. The highest BCUT2D eigenvalue weighted by molar-refractivity contribution is 7.46. The molecule has 1 aromatic rings. The van der Waals surface area contributed by atoms with Crippen molar-refractivity contribution in [3.8, 4) is 5.75 Å². The molecule has 0 saturated heterocycles. The van der Waals surface area contributed by atoms with E-state index in [0.29, 0.717) is 0 Å². The third-order valence-corrected chi connectivity index (χ3v) is 2.40. The minimum absolute atomic E-state index is 0.00231. The van der Waals surface area contributed by atoms with Gasteiger partial charge in [0.15, 0.2) is 0 Å². The van der Waals surface area contributed by atoms with Crippen molar-refractivity contribution in [1.29, 1.82) is 5.41 Å². The van der Waals surface area contributed by atoms with Gasteiger partial charge in [0, 0.05) is 23.5 Å². The van der Waals surface area contributed by atoms with Crippen molar-refractivity contribution < 1.29 is 29.1 Å². The maximum Gasteiger partial charge on any atom is 0.469 e. The molecule has 0 aliphatic rings. The lowest BCUT2D eigenvalue weighted by Crippen LogP contribution is -2.01. The molecule has 5 N–H and O–H groups in total. The summed E-state index contributed by atoms with van der Waals surface area (Å²) >= 11 is 0. The van der Waals surface area contributed by atoms with Crippen LogP contribution < -0.4 is 0 Å². The predicted molar refractivity (Wildman–Crippen MR) is 56.5 cm³/mol. The molecular weight excluding hydrogens is 251 g/mol. The summed E-state index contributed by atoms with van der Waals surface area (Å²) in [6.07, 6.45) is 1.95. The first kappa shape index (κ1) is 13.8. The van der Waals surface area contributed by atoms with Crippen molar-refractivity contribution in [3.63, 3.8) is 0 Å². The molecule has 0 bridgehead atoms. The maximum absolute atomic E-state index is 10.5. The Balaban J connectivity index is 3.05. The van der Waals surface area contributed by atoms with Gasteiger partial charge in [-0.25, -0.2) is 4.57 Å². The molecule has 0 atom stereocenters. The van der Waals surface area contributed by atoms with Gasteiger partial charge >= 0.3 is 7.82 Å². The van der Waals surface area contributed by atoms with E-state index >= 15 is 0 Å². The van der Waals surface area contributed by atoms with Crippen molar-refractivity contribution in [1.82, 2.24) is 4.98 Å². The Hall–Kier alpha value is -1.31. The number of nitrogens with one attached hydrogen (secondary N) is 1. The third-order valence-electron chi connectivity index (χ3n) is 1.93. The van der Waals surface area contributed by atoms with Crippen LogP contribution in [0.5, 0.6) is 5.75 Å². The Bertz CT molecular complexity index is 471. The number of rotatable bonds is 5. The van der Waals surface area contributed by atoms with Crippen LogP contribution in [0.2, 0.25) is 0 Å². The summed E-state index contributed by atoms with van der Waals surface area (Å²) in [4.78, 5) is 20.7. The number of aliphatic hydroxyl groups is 1. The van der Waals surface area contributed by atoms with Gasteiger partial charge in [-0.1, -0.05) is 0 Å². The van der Waals surface area contributed by atoms with Crippen LogP contribution in [-0.4, -0.2) is 31.2 Å². The van der Waals surface area contributed by atoms with Gasteiger partial charge in [-0.05, 0) is 0 Å². The smallest absolute Gasteiger partial charge is 0.469 e. The molecule has 0 aliphatic heterocycles. The van der Waals surface area contributed by atoms with Gasteiger partial charge in [0.2, 0.25) is 0 Å². The van der Waals surface area contributed by atoms with E-state index in [2.05, 4.69) is 9.51 Å². The Kier molecular flexibility index (Phi) is 4.33. The van der Waals surface area contributed by atoms with E-state index in [1.54, 1.807) is 0 Å². The molecule has 8 nitrogen and oxygen atoms in total. The van der Waals surface area contributed by atoms with Crippen LogP contribution in [0.4, 0.5) is 0 Å². The van der Waals surface area contributed by atoms with E-state index in [1.807, 2.05) is 0 Å². The van der Waals surface area contributed by atoms with Crippen LogP contribution in [0.15, 0.2) is 6.20 Å². The van der Waals surface area contributed by atoms with Gasteiger partial charge < -0.3 is 25.4 Å². The Morgan fingerprint density at radius 2 is 2.18 bits per heavy atom. The molecule has 0 aromatic carbocycles. The van der Waals surface area contributed by atoms with E-state index in [4.69, 9.17) is 20.3 Å². The molecule has 17 heavy (non-hydrogen) atoms. The predicted octanol–water partition coefficient (Wildman–Crippen LogP) is -0.114. The maximum atomic E-state index is 10.5. The number of phosphoric acid groups is 1. The molecule has 0 aliphatic carbocycles. The van der Waals surface area contributed by atoms with E-state index in [9.17, 15) is 9.67 Å². The molecule has 1 aromatic heterocycles. The van der Waals surface area contributed by atoms with Gasteiger partial charge in [-0.2, -0.15) is 0 Å². The molecular formula is C8H11N2O6P. The average molecular weight is 262 g/mol. The number of phosphoric ester groups is 1. The van der Waals surface area contributed by atoms with E-state index in [0.717, 1.165) is 6.21 Å². The van der Waals surface area contributed by atoms with Crippen LogP contribution in [0.25, 0.3) is 0 Å². The van der Waals surface area contributed by atoms with Crippen LogP contribution in [0.3, 0.4) is 0 Å². The fraction of sp³-hybridized carbons (Fsp3) is 0.250. The van der Waals surface area contributed by atoms with Crippen LogP contribution >= 0.6 is 7.82 Å². The van der Waals surface area contributed by atoms with Gasteiger partial charge in [-0.15, -0.1) is 0 Å². The molecule has 1 rings (SSSR count). The number of nitrogens with zero attached hydrogens (tertiary/aromatic N) is 1. The number of aliphatic hydroxyl groups excluding tert-OH is 1. The highest BCUT2D eigenvalue weighted by Gasteiger charge is 2.17. The van der Waals surface area contributed by atoms with Crippen LogP contribution in [-0.2, 0) is 22.3 Å². The van der Waals surface area contributed by atoms with Gasteiger partial charge in [0.1, 0.15) is 11.4 Å². The first-order valence-electron chi connectivity index (χ1n) is 4.40. The summed E-state index contributed by atoms with van der Waals surface area (Å²) < 4.78 is 14.7. The second-order valence-electron chi connectivity index (χ2n) is 3.06. The summed E-state index contributed by atoms with van der Waals surface area (Å²) in [5.41, 5.74) is 0.110. The lowest BCUT2D eigenvalue weighted by atomic mass is 10.1. The van der Waals surface area contributed by atoms with E-state index in [1.165, 1.54) is 6.20 Å². The highest BCUT2D eigenvalue weighted by Crippen LogP contribution is 2.37. The van der Waals surface area contributed by atoms with Crippen molar-refractivity contribution >= 4 is 14.0 Å². The van der Waals surface area contributed by atoms with Crippen molar-refractivity contribution in [2.24, 2.45) is 0 Å². The fourth-order valence-electron chi connectivity index (χ4n) is 1.14. The number of pyridine rings is 1. The number of hydrogen-bond donors (Lipinski definition) is 5. The molecule has 0 fully saturated rings. The SMILES string of the molecule is N=Cc1c(COP(=O)(O)O)cnc(CO)c1O. The second-order valence-corrected chi connectivity index (χ2v) is 4.30. The van der Waals surface area contributed by atoms with Gasteiger partial charge in [0.25, 0.3) is 0 Å². The summed E-state index contributed by atoms with van der Waals surface area (Å²) in [6, 6.07) is 0. The molecule has 0 amide bonds.